The number of hydrogen-bond acceptors (Lipinski definition) is 3. The topological polar surface area (TPSA) is 66.5 Å². The molecule has 4 atom stereocenters. The Morgan fingerprint density at radius 3 is 2.04 bits per heavy atom. The fourth-order valence-corrected chi connectivity index (χ4v) is 4.66. The summed E-state index contributed by atoms with van der Waals surface area (Å²) < 4.78 is 13.0. The van der Waals surface area contributed by atoms with Gasteiger partial charge in [-0.15, -0.1) is 0 Å². The molecule has 0 radical (unpaired) electrons. The highest BCUT2D eigenvalue weighted by Gasteiger charge is 2.59. The average molecular weight is 376 g/mol. The minimum absolute atomic E-state index is 0.143. The Bertz CT molecular complexity index is 983. The van der Waals surface area contributed by atoms with Crippen LogP contribution in [0, 0.1) is 29.5 Å². The van der Waals surface area contributed by atoms with Crippen molar-refractivity contribution < 1.29 is 18.8 Å². The van der Waals surface area contributed by atoms with E-state index < -0.39 is 0 Å². The molecular weight excluding hydrogens is 359 g/mol. The summed E-state index contributed by atoms with van der Waals surface area (Å²) in [6.45, 7) is 0. The molecule has 4 unspecified atom stereocenters. The maximum Gasteiger partial charge on any atom is 0.255 e. The van der Waals surface area contributed by atoms with E-state index in [-0.39, 0.29) is 47.2 Å². The normalized spacial score (nSPS) is 27.4. The van der Waals surface area contributed by atoms with Crippen LogP contribution in [-0.4, -0.2) is 17.7 Å². The second kappa shape index (κ2) is 6.12. The molecule has 0 spiro atoms. The maximum atomic E-state index is 13.0. The number of imide groups is 1. The molecule has 140 valence electrons. The van der Waals surface area contributed by atoms with Crippen LogP contribution in [0.3, 0.4) is 0 Å². The minimum atomic E-state index is -0.379. The van der Waals surface area contributed by atoms with Gasteiger partial charge in [-0.05, 0) is 66.8 Å². The van der Waals surface area contributed by atoms with E-state index in [1.807, 2.05) is 0 Å². The molecule has 28 heavy (non-hydrogen) atoms. The highest BCUT2D eigenvalue weighted by molar-refractivity contribution is 6.23. The first-order valence-corrected chi connectivity index (χ1v) is 9.26. The number of fused-ring (bicyclic) bond motifs is 5. The summed E-state index contributed by atoms with van der Waals surface area (Å²) in [6.07, 6.45) is 5.01. The van der Waals surface area contributed by atoms with E-state index in [4.69, 9.17) is 0 Å². The third kappa shape index (κ3) is 2.48. The highest BCUT2D eigenvalue weighted by Crippen LogP contribution is 2.53. The quantitative estimate of drug-likeness (QED) is 0.660. The van der Waals surface area contributed by atoms with Crippen LogP contribution in [0.25, 0.3) is 0 Å². The molecule has 2 bridgehead atoms. The molecule has 2 fully saturated rings. The van der Waals surface area contributed by atoms with E-state index in [1.54, 1.807) is 24.3 Å². The number of anilines is 2. The van der Waals surface area contributed by atoms with Gasteiger partial charge in [0.1, 0.15) is 5.82 Å². The Balaban J connectivity index is 1.34. The Hall–Kier alpha value is -3.28. The molecule has 2 aliphatic carbocycles. The predicted octanol–water partition coefficient (Wildman–Crippen LogP) is 3.39. The van der Waals surface area contributed by atoms with E-state index in [1.165, 1.54) is 29.2 Å². The highest BCUT2D eigenvalue weighted by atomic mass is 19.1. The van der Waals surface area contributed by atoms with Crippen molar-refractivity contribution in [1.29, 1.82) is 0 Å². The third-order valence-corrected chi connectivity index (χ3v) is 5.96. The van der Waals surface area contributed by atoms with Crippen LogP contribution in [0.4, 0.5) is 15.8 Å². The second-order valence-corrected chi connectivity index (χ2v) is 7.52. The van der Waals surface area contributed by atoms with Gasteiger partial charge >= 0.3 is 0 Å². The van der Waals surface area contributed by atoms with Crippen LogP contribution in [-0.2, 0) is 9.59 Å². The monoisotopic (exact) mass is 376 g/mol. The van der Waals surface area contributed by atoms with Crippen molar-refractivity contribution in [2.45, 2.75) is 6.42 Å². The molecule has 1 N–H and O–H groups in total. The van der Waals surface area contributed by atoms with Crippen molar-refractivity contribution in [3.63, 3.8) is 0 Å². The summed E-state index contributed by atoms with van der Waals surface area (Å²) in [5.41, 5.74) is 1.35. The molecule has 3 aliphatic rings. The Kier molecular flexibility index (Phi) is 3.69. The standard InChI is InChI=1S/C22H17FN2O3/c23-15-5-7-16(8-6-15)24-20(26)12-3-9-17(10-4-12)25-21(27)18-13-1-2-14(11-13)19(18)22(25)28/h1-10,13-14,18-19H,11H2,(H,24,26). The number of benzene rings is 2. The van der Waals surface area contributed by atoms with Gasteiger partial charge in [0.25, 0.3) is 5.91 Å². The molecule has 2 aromatic carbocycles. The van der Waals surface area contributed by atoms with Crippen molar-refractivity contribution in [3.8, 4) is 0 Å². The largest absolute Gasteiger partial charge is 0.322 e. The minimum Gasteiger partial charge on any atom is -0.322 e. The fraction of sp³-hybridized carbons (Fsp3) is 0.227. The molecule has 0 aromatic heterocycles. The number of allylic oxidation sites excluding steroid dienone is 2. The van der Waals surface area contributed by atoms with Crippen LogP contribution in [0.1, 0.15) is 16.8 Å². The van der Waals surface area contributed by atoms with Crippen molar-refractivity contribution in [3.05, 3.63) is 72.1 Å². The van der Waals surface area contributed by atoms with Gasteiger partial charge in [0.05, 0.1) is 17.5 Å². The van der Waals surface area contributed by atoms with Crippen LogP contribution in [0.5, 0.6) is 0 Å². The van der Waals surface area contributed by atoms with Gasteiger partial charge < -0.3 is 5.32 Å². The average Bonchev–Trinajstić information content (AvgIpc) is 3.38. The smallest absolute Gasteiger partial charge is 0.255 e. The number of nitrogens with zero attached hydrogens (tertiary/aromatic N) is 1. The maximum absolute atomic E-state index is 13.0. The molecule has 1 saturated carbocycles. The molecular formula is C22H17FN2O3. The van der Waals surface area contributed by atoms with Crippen LogP contribution >= 0.6 is 0 Å². The van der Waals surface area contributed by atoms with Gasteiger partial charge in [-0.2, -0.15) is 0 Å². The van der Waals surface area contributed by atoms with Crippen LogP contribution in [0.2, 0.25) is 0 Å². The summed E-state index contributed by atoms with van der Waals surface area (Å²) in [5.74, 6) is -1.18. The van der Waals surface area contributed by atoms with E-state index in [2.05, 4.69) is 17.5 Å². The van der Waals surface area contributed by atoms with Gasteiger partial charge in [0, 0.05) is 11.3 Å². The molecule has 1 saturated heterocycles. The molecule has 5 nitrogen and oxygen atoms in total. The van der Waals surface area contributed by atoms with Gasteiger partial charge in [0.15, 0.2) is 0 Å². The SMILES string of the molecule is O=C(Nc1ccc(F)cc1)c1ccc(N2C(=O)C3C4C=CC(C4)C3C2=O)cc1. The van der Waals surface area contributed by atoms with Crippen molar-refractivity contribution in [2.24, 2.45) is 23.7 Å². The van der Waals surface area contributed by atoms with E-state index in [0.717, 1.165) is 6.42 Å². The molecule has 3 amide bonds. The van der Waals surface area contributed by atoms with Gasteiger partial charge in [-0.25, -0.2) is 4.39 Å². The molecule has 6 heteroatoms. The predicted molar refractivity (Wildman–Crippen MR) is 101 cm³/mol. The third-order valence-electron chi connectivity index (χ3n) is 5.96. The Morgan fingerprint density at radius 2 is 1.46 bits per heavy atom. The number of amides is 3. The summed E-state index contributed by atoms with van der Waals surface area (Å²) >= 11 is 0. The first-order valence-electron chi connectivity index (χ1n) is 9.26. The van der Waals surface area contributed by atoms with Crippen molar-refractivity contribution in [2.75, 3.05) is 10.2 Å². The number of carbonyl (C=O) groups excluding carboxylic acids is 3. The lowest BCUT2D eigenvalue weighted by molar-refractivity contribution is -0.123. The summed E-state index contributed by atoms with van der Waals surface area (Å²) in [7, 11) is 0. The first kappa shape index (κ1) is 16.9. The number of halogens is 1. The number of rotatable bonds is 3. The van der Waals surface area contributed by atoms with Crippen LogP contribution < -0.4 is 10.2 Å². The lowest BCUT2D eigenvalue weighted by Crippen LogP contribution is -2.32. The van der Waals surface area contributed by atoms with Crippen molar-refractivity contribution in [1.82, 2.24) is 0 Å². The summed E-state index contributed by atoms with van der Waals surface area (Å²) in [5, 5.41) is 2.68. The van der Waals surface area contributed by atoms with Crippen molar-refractivity contribution >= 4 is 29.1 Å². The second-order valence-electron chi connectivity index (χ2n) is 7.52. The molecule has 1 heterocycles. The lowest BCUT2D eigenvalue weighted by atomic mass is 9.85. The number of carbonyl (C=O) groups is 3. The van der Waals surface area contributed by atoms with E-state index >= 15 is 0 Å². The number of nitrogens with one attached hydrogen (secondary N) is 1. The summed E-state index contributed by atoms with van der Waals surface area (Å²) in [4.78, 5) is 39.3. The zero-order valence-corrected chi connectivity index (χ0v) is 14.8. The summed E-state index contributed by atoms with van der Waals surface area (Å²) in [6, 6.07) is 11.9. The fourth-order valence-electron chi connectivity index (χ4n) is 4.66. The Labute approximate surface area is 160 Å². The van der Waals surface area contributed by atoms with E-state index in [9.17, 15) is 18.8 Å². The van der Waals surface area contributed by atoms with Gasteiger partial charge in [-0.1, -0.05) is 12.2 Å². The molecule has 1 aliphatic heterocycles. The van der Waals surface area contributed by atoms with E-state index in [0.29, 0.717) is 16.9 Å². The first-order chi connectivity index (χ1) is 13.5. The zero-order valence-electron chi connectivity index (χ0n) is 14.8. The lowest BCUT2D eigenvalue weighted by Gasteiger charge is -2.17. The van der Waals surface area contributed by atoms with Crippen LogP contribution in [0.15, 0.2) is 60.7 Å². The zero-order chi connectivity index (χ0) is 19.4. The van der Waals surface area contributed by atoms with Gasteiger partial charge in [-0.3, -0.25) is 19.3 Å². The Morgan fingerprint density at radius 1 is 0.893 bits per heavy atom. The molecule has 5 rings (SSSR count). The number of hydrogen-bond donors (Lipinski definition) is 1. The molecule has 2 aromatic rings. The van der Waals surface area contributed by atoms with Gasteiger partial charge in [0.2, 0.25) is 11.8 Å².